The molecule has 0 aliphatic rings. The number of likely N-dealkylation sites (N-methyl/N-ethyl adjacent to an activating group) is 1. The number of amides is 3. The summed E-state index contributed by atoms with van der Waals surface area (Å²) in [5.41, 5.74) is 1.62. The van der Waals surface area contributed by atoms with Crippen molar-refractivity contribution < 1.29 is 18.8 Å². The Balaban J connectivity index is 1.82. The van der Waals surface area contributed by atoms with Crippen LogP contribution in [0.4, 0.5) is 15.8 Å². The molecule has 0 fully saturated rings. The van der Waals surface area contributed by atoms with Gasteiger partial charge in [-0.2, -0.15) is 0 Å². The molecular weight excluding hydrogens is 387 g/mol. The zero-order valence-electron chi connectivity index (χ0n) is 17.4. The van der Waals surface area contributed by atoms with E-state index in [2.05, 4.69) is 10.6 Å². The number of rotatable bonds is 9. The monoisotopic (exact) mass is 414 g/mol. The fourth-order valence-electron chi connectivity index (χ4n) is 2.87. The van der Waals surface area contributed by atoms with Crippen molar-refractivity contribution in [1.29, 1.82) is 0 Å². The second-order valence-electron chi connectivity index (χ2n) is 6.83. The Kier molecular flexibility index (Phi) is 8.49. The van der Waals surface area contributed by atoms with E-state index >= 15 is 0 Å². The molecule has 8 heteroatoms. The Hall–Kier alpha value is -3.26. The maximum atomic E-state index is 12.9. The average molecular weight is 414 g/mol. The molecular formula is C22H27FN4O3. The van der Waals surface area contributed by atoms with Gasteiger partial charge in [-0.1, -0.05) is 0 Å². The Morgan fingerprint density at radius 2 is 1.23 bits per heavy atom. The van der Waals surface area contributed by atoms with E-state index in [0.29, 0.717) is 30.0 Å². The van der Waals surface area contributed by atoms with Gasteiger partial charge in [-0.05, 0) is 69.4 Å². The number of carbonyl (C=O) groups is 3. The van der Waals surface area contributed by atoms with Gasteiger partial charge in [0.15, 0.2) is 0 Å². The van der Waals surface area contributed by atoms with Gasteiger partial charge in [0, 0.05) is 30.0 Å². The van der Waals surface area contributed by atoms with Crippen LogP contribution in [0, 0.1) is 5.82 Å². The summed E-state index contributed by atoms with van der Waals surface area (Å²) in [5, 5.41) is 5.39. The predicted molar refractivity (Wildman–Crippen MR) is 115 cm³/mol. The van der Waals surface area contributed by atoms with E-state index in [4.69, 9.17) is 0 Å². The Labute approximate surface area is 175 Å². The number of halogens is 1. The summed E-state index contributed by atoms with van der Waals surface area (Å²) in [4.78, 5) is 39.9. The largest absolute Gasteiger partial charge is 0.339 e. The minimum absolute atomic E-state index is 0.00209. The summed E-state index contributed by atoms with van der Waals surface area (Å²) in [6.45, 7) is 5.13. The van der Waals surface area contributed by atoms with Gasteiger partial charge in [0.2, 0.25) is 11.8 Å². The lowest BCUT2D eigenvalue weighted by Crippen LogP contribution is -2.36. The van der Waals surface area contributed by atoms with Crippen molar-refractivity contribution in [2.24, 2.45) is 0 Å². The molecule has 2 N–H and O–H groups in total. The highest BCUT2D eigenvalue weighted by molar-refractivity contribution is 5.96. The molecule has 3 amide bonds. The average Bonchev–Trinajstić information content (AvgIpc) is 2.70. The second-order valence-corrected chi connectivity index (χ2v) is 6.83. The number of hydrogen-bond donors (Lipinski definition) is 2. The van der Waals surface area contributed by atoms with E-state index in [-0.39, 0.29) is 36.6 Å². The van der Waals surface area contributed by atoms with Crippen molar-refractivity contribution in [3.05, 3.63) is 59.9 Å². The lowest BCUT2D eigenvalue weighted by Gasteiger charge is -2.19. The van der Waals surface area contributed by atoms with Gasteiger partial charge in [-0.3, -0.25) is 19.3 Å². The van der Waals surface area contributed by atoms with Crippen LogP contribution in [0.2, 0.25) is 0 Å². The van der Waals surface area contributed by atoms with Crippen LogP contribution in [0.15, 0.2) is 48.5 Å². The summed E-state index contributed by atoms with van der Waals surface area (Å²) in [6, 6.07) is 12.2. The number of nitrogens with zero attached hydrogens (tertiary/aromatic N) is 2. The minimum Gasteiger partial charge on any atom is -0.339 e. The first-order valence-corrected chi connectivity index (χ1v) is 9.75. The van der Waals surface area contributed by atoms with Crippen molar-refractivity contribution in [3.8, 4) is 0 Å². The molecule has 0 aliphatic heterocycles. The maximum absolute atomic E-state index is 12.9. The summed E-state index contributed by atoms with van der Waals surface area (Å²) in [6.07, 6.45) is 0. The summed E-state index contributed by atoms with van der Waals surface area (Å²) in [5.74, 6) is -1.02. The number of carbonyl (C=O) groups excluding carboxylic acids is 3. The highest BCUT2D eigenvalue weighted by Crippen LogP contribution is 2.12. The van der Waals surface area contributed by atoms with Gasteiger partial charge in [-0.25, -0.2) is 4.39 Å². The van der Waals surface area contributed by atoms with Gasteiger partial charge in [-0.15, -0.1) is 0 Å². The fraction of sp³-hybridized carbons (Fsp3) is 0.318. The van der Waals surface area contributed by atoms with Gasteiger partial charge >= 0.3 is 0 Å². The van der Waals surface area contributed by atoms with Crippen molar-refractivity contribution in [2.75, 3.05) is 43.9 Å². The second kappa shape index (κ2) is 11.1. The lowest BCUT2D eigenvalue weighted by molar-refractivity contribution is -0.119. The molecule has 0 aliphatic carbocycles. The van der Waals surface area contributed by atoms with Crippen molar-refractivity contribution in [3.63, 3.8) is 0 Å². The molecule has 0 unspecified atom stereocenters. The fourth-order valence-corrected chi connectivity index (χ4v) is 2.87. The molecule has 0 aromatic heterocycles. The van der Waals surface area contributed by atoms with Crippen molar-refractivity contribution in [1.82, 2.24) is 9.80 Å². The summed E-state index contributed by atoms with van der Waals surface area (Å²) < 4.78 is 12.9. The molecule has 0 spiro atoms. The van der Waals surface area contributed by atoms with Crippen LogP contribution in [0.1, 0.15) is 24.2 Å². The molecule has 160 valence electrons. The molecule has 0 heterocycles. The number of benzene rings is 2. The zero-order valence-corrected chi connectivity index (χ0v) is 17.4. The molecule has 0 saturated carbocycles. The van der Waals surface area contributed by atoms with Crippen LogP contribution in [-0.2, 0) is 9.59 Å². The third kappa shape index (κ3) is 6.97. The Bertz CT molecular complexity index is 865. The standard InChI is InChI=1S/C22H27FN4O3/c1-4-27(5-2)22(30)16-6-10-18(11-7-16)24-20(28)14-26(3)15-21(29)25-19-12-8-17(23)9-13-19/h6-13H,4-5,14-15H2,1-3H3,(H,24,28)(H,25,29). The Morgan fingerprint density at radius 1 is 0.800 bits per heavy atom. The van der Waals surface area contributed by atoms with Crippen LogP contribution in [-0.4, -0.2) is 60.7 Å². The highest BCUT2D eigenvalue weighted by Gasteiger charge is 2.14. The van der Waals surface area contributed by atoms with E-state index in [1.165, 1.54) is 24.3 Å². The topological polar surface area (TPSA) is 81.8 Å². The number of anilines is 2. The molecule has 0 atom stereocenters. The van der Waals surface area contributed by atoms with Crippen LogP contribution < -0.4 is 10.6 Å². The lowest BCUT2D eigenvalue weighted by atomic mass is 10.1. The number of nitrogens with one attached hydrogen (secondary N) is 2. The normalized spacial score (nSPS) is 10.6. The molecule has 2 aromatic carbocycles. The first kappa shape index (κ1) is 23.0. The van der Waals surface area contributed by atoms with E-state index in [9.17, 15) is 18.8 Å². The molecule has 2 aromatic rings. The predicted octanol–water partition coefficient (Wildman–Crippen LogP) is 2.82. The van der Waals surface area contributed by atoms with Gasteiger partial charge in [0.25, 0.3) is 5.91 Å². The third-order valence-electron chi connectivity index (χ3n) is 4.42. The molecule has 30 heavy (non-hydrogen) atoms. The van der Waals surface area contributed by atoms with Crippen LogP contribution in [0.5, 0.6) is 0 Å². The van der Waals surface area contributed by atoms with E-state index < -0.39 is 0 Å². The summed E-state index contributed by atoms with van der Waals surface area (Å²) >= 11 is 0. The Morgan fingerprint density at radius 3 is 1.67 bits per heavy atom. The smallest absolute Gasteiger partial charge is 0.253 e. The number of hydrogen-bond acceptors (Lipinski definition) is 4. The van der Waals surface area contributed by atoms with Crippen LogP contribution in [0.3, 0.4) is 0 Å². The van der Waals surface area contributed by atoms with E-state index in [1.807, 2.05) is 13.8 Å². The minimum atomic E-state index is -0.382. The van der Waals surface area contributed by atoms with Crippen molar-refractivity contribution in [2.45, 2.75) is 13.8 Å². The van der Waals surface area contributed by atoms with Crippen LogP contribution in [0.25, 0.3) is 0 Å². The van der Waals surface area contributed by atoms with Crippen molar-refractivity contribution >= 4 is 29.1 Å². The molecule has 0 saturated heterocycles. The van der Waals surface area contributed by atoms with Gasteiger partial charge in [0.05, 0.1) is 13.1 Å². The molecule has 0 bridgehead atoms. The molecule has 2 rings (SSSR count). The first-order valence-electron chi connectivity index (χ1n) is 9.75. The summed E-state index contributed by atoms with van der Waals surface area (Å²) in [7, 11) is 1.65. The first-order chi connectivity index (χ1) is 14.3. The van der Waals surface area contributed by atoms with Gasteiger partial charge in [0.1, 0.15) is 5.82 Å². The van der Waals surface area contributed by atoms with E-state index in [0.717, 1.165) is 0 Å². The maximum Gasteiger partial charge on any atom is 0.253 e. The highest BCUT2D eigenvalue weighted by atomic mass is 19.1. The van der Waals surface area contributed by atoms with Gasteiger partial charge < -0.3 is 15.5 Å². The van der Waals surface area contributed by atoms with Crippen LogP contribution >= 0.6 is 0 Å². The third-order valence-corrected chi connectivity index (χ3v) is 4.42. The SMILES string of the molecule is CCN(CC)C(=O)c1ccc(NC(=O)CN(C)CC(=O)Nc2ccc(F)cc2)cc1. The quantitative estimate of drug-likeness (QED) is 0.661. The molecule has 7 nitrogen and oxygen atoms in total. The van der Waals surface area contributed by atoms with E-state index in [1.54, 1.807) is 41.1 Å². The molecule has 0 radical (unpaired) electrons. The zero-order chi connectivity index (χ0) is 22.1.